The highest BCUT2D eigenvalue weighted by Gasteiger charge is 2.19. The second-order valence-corrected chi connectivity index (χ2v) is 6.60. The molecule has 1 fully saturated rings. The Morgan fingerprint density at radius 1 is 1.30 bits per heavy atom. The molecule has 20 heavy (non-hydrogen) atoms. The second kappa shape index (κ2) is 8.13. The normalized spacial score (nSPS) is 19.1. The predicted octanol–water partition coefficient (Wildman–Crippen LogP) is 3.20. The Labute approximate surface area is 130 Å². The molecule has 0 bridgehead atoms. The van der Waals surface area contributed by atoms with Gasteiger partial charge in [0.2, 0.25) is 0 Å². The fourth-order valence-electron chi connectivity index (χ4n) is 2.81. The molecule has 112 valence electrons. The van der Waals surface area contributed by atoms with Gasteiger partial charge in [-0.05, 0) is 62.5 Å². The van der Waals surface area contributed by atoms with Gasteiger partial charge in [0.05, 0.1) is 0 Å². The molecule has 0 amide bonds. The number of halogens is 1. The first-order chi connectivity index (χ1) is 9.69. The van der Waals surface area contributed by atoms with Crippen molar-refractivity contribution < 1.29 is 4.74 Å². The van der Waals surface area contributed by atoms with Gasteiger partial charge in [-0.25, -0.2) is 0 Å². The number of rotatable bonds is 6. The van der Waals surface area contributed by atoms with E-state index < -0.39 is 0 Å². The van der Waals surface area contributed by atoms with Crippen LogP contribution in [0.25, 0.3) is 0 Å². The first kappa shape index (κ1) is 16.0. The second-order valence-electron chi connectivity index (χ2n) is 5.69. The minimum absolute atomic E-state index is 0.139. The summed E-state index contributed by atoms with van der Waals surface area (Å²) < 4.78 is 6.35. The predicted molar refractivity (Wildman–Crippen MR) is 86.7 cm³/mol. The lowest BCUT2D eigenvalue weighted by Gasteiger charge is -2.32. The van der Waals surface area contributed by atoms with Gasteiger partial charge < -0.3 is 15.4 Å². The fraction of sp³-hybridized carbons (Fsp3) is 0.625. The Balaban J connectivity index is 1.71. The molecule has 2 N–H and O–H groups in total. The minimum Gasteiger partial charge on any atom is -0.384 e. The highest BCUT2D eigenvalue weighted by Crippen LogP contribution is 2.21. The monoisotopic (exact) mass is 340 g/mol. The van der Waals surface area contributed by atoms with Crippen molar-refractivity contribution in [3.63, 3.8) is 0 Å². The third-order valence-corrected chi connectivity index (χ3v) is 4.69. The molecule has 0 aromatic heterocycles. The van der Waals surface area contributed by atoms with E-state index in [0.29, 0.717) is 0 Å². The maximum absolute atomic E-state index is 6.28. The third kappa shape index (κ3) is 4.85. The van der Waals surface area contributed by atoms with Crippen molar-refractivity contribution in [3.05, 3.63) is 34.3 Å². The average molecular weight is 341 g/mol. The van der Waals surface area contributed by atoms with Crippen LogP contribution in [-0.2, 0) is 4.74 Å². The van der Waals surface area contributed by atoms with Crippen molar-refractivity contribution in [1.29, 1.82) is 0 Å². The lowest BCUT2D eigenvalue weighted by molar-refractivity contribution is 0.0983. The minimum atomic E-state index is 0.139. The van der Waals surface area contributed by atoms with Crippen LogP contribution in [0, 0.1) is 5.92 Å². The van der Waals surface area contributed by atoms with Crippen LogP contribution in [0.2, 0.25) is 0 Å². The van der Waals surface area contributed by atoms with E-state index in [-0.39, 0.29) is 6.04 Å². The van der Waals surface area contributed by atoms with Crippen LogP contribution in [0.4, 0.5) is 0 Å². The number of methoxy groups -OCH3 is 1. The van der Waals surface area contributed by atoms with Gasteiger partial charge >= 0.3 is 0 Å². The van der Waals surface area contributed by atoms with Gasteiger partial charge in [-0.3, -0.25) is 0 Å². The van der Waals surface area contributed by atoms with Crippen molar-refractivity contribution in [1.82, 2.24) is 4.90 Å². The molecule has 1 heterocycles. The highest BCUT2D eigenvalue weighted by molar-refractivity contribution is 9.10. The molecule has 1 aromatic carbocycles. The zero-order valence-corrected chi connectivity index (χ0v) is 13.8. The summed E-state index contributed by atoms with van der Waals surface area (Å²) >= 11 is 3.46. The van der Waals surface area contributed by atoms with Crippen LogP contribution in [0.5, 0.6) is 0 Å². The lowest BCUT2D eigenvalue weighted by atomic mass is 9.97. The van der Waals surface area contributed by atoms with Crippen molar-refractivity contribution in [2.75, 3.05) is 33.4 Å². The Hall–Kier alpha value is -0.420. The van der Waals surface area contributed by atoms with E-state index in [2.05, 4.69) is 45.1 Å². The summed E-state index contributed by atoms with van der Waals surface area (Å²) in [5.41, 5.74) is 7.50. The molecule has 0 saturated carbocycles. The Morgan fingerprint density at radius 2 is 1.95 bits per heavy atom. The molecule has 4 heteroatoms. The number of piperidine rings is 1. The van der Waals surface area contributed by atoms with Crippen molar-refractivity contribution in [3.8, 4) is 0 Å². The van der Waals surface area contributed by atoms with Crippen LogP contribution < -0.4 is 5.73 Å². The molecule has 3 nitrogen and oxygen atoms in total. The maximum Gasteiger partial charge on any atom is 0.0491 e. The van der Waals surface area contributed by atoms with E-state index in [1.165, 1.54) is 31.5 Å². The number of ether oxygens (including phenoxy) is 1. The molecule has 1 atom stereocenters. The zero-order valence-electron chi connectivity index (χ0n) is 12.2. The summed E-state index contributed by atoms with van der Waals surface area (Å²) in [7, 11) is 1.80. The van der Waals surface area contributed by atoms with Crippen LogP contribution in [0.1, 0.15) is 30.9 Å². The summed E-state index contributed by atoms with van der Waals surface area (Å²) in [5.74, 6) is 0.747. The molecule has 0 radical (unpaired) electrons. The van der Waals surface area contributed by atoms with Gasteiger partial charge in [0, 0.05) is 24.2 Å². The molecule has 1 aliphatic heterocycles. The number of nitrogens with zero attached hydrogens (tertiary/aromatic N) is 1. The lowest BCUT2D eigenvalue weighted by Crippen LogP contribution is -2.36. The number of hydrogen-bond donors (Lipinski definition) is 1. The van der Waals surface area contributed by atoms with Gasteiger partial charge in [-0.1, -0.05) is 28.1 Å². The molecule has 0 aliphatic carbocycles. The molecule has 2 rings (SSSR count). The van der Waals surface area contributed by atoms with Crippen LogP contribution in [0.3, 0.4) is 0 Å². The SMILES string of the molecule is COCC1CCN(CCC(N)c2ccc(Br)cc2)CC1. The number of likely N-dealkylation sites (tertiary alicyclic amines) is 1. The number of hydrogen-bond acceptors (Lipinski definition) is 3. The van der Waals surface area contributed by atoms with Crippen molar-refractivity contribution in [2.45, 2.75) is 25.3 Å². The van der Waals surface area contributed by atoms with Gasteiger partial charge in [-0.2, -0.15) is 0 Å². The summed E-state index contributed by atoms with van der Waals surface area (Å²) in [6.45, 7) is 4.37. The van der Waals surface area contributed by atoms with Crippen molar-refractivity contribution in [2.24, 2.45) is 11.7 Å². The molecule has 1 unspecified atom stereocenters. The van der Waals surface area contributed by atoms with E-state index in [4.69, 9.17) is 10.5 Å². The topological polar surface area (TPSA) is 38.5 Å². The van der Waals surface area contributed by atoms with Gasteiger partial charge in [0.25, 0.3) is 0 Å². The van der Waals surface area contributed by atoms with Gasteiger partial charge in [0.1, 0.15) is 0 Å². The van der Waals surface area contributed by atoms with E-state index in [1.54, 1.807) is 7.11 Å². The summed E-state index contributed by atoms with van der Waals surface area (Å²) in [6, 6.07) is 8.48. The molecule has 0 spiro atoms. The summed E-state index contributed by atoms with van der Waals surface area (Å²) in [5, 5.41) is 0. The number of nitrogens with two attached hydrogens (primary N) is 1. The maximum atomic E-state index is 6.28. The van der Waals surface area contributed by atoms with E-state index in [9.17, 15) is 0 Å². The quantitative estimate of drug-likeness (QED) is 0.864. The van der Waals surface area contributed by atoms with E-state index in [0.717, 1.165) is 30.0 Å². The van der Waals surface area contributed by atoms with Gasteiger partial charge in [0.15, 0.2) is 0 Å². The standard InChI is InChI=1S/C16H25BrN2O/c1-20-12-13-6-9-19(10-7-13)11-8-16(18)14-2-4-15(17)5-3-14/h2-5,13,16H,6-12,18H2,1H3. The van der Waals surface area contributed by atoms with Crippen LogP contribution in [-0.4, -0.2) is 38.3 Å². The van der Waals surface area contributed by atoms with E-state index in [1.807, 2.05) is 0 Å². The van der Waals surface area contributed by atoms with Crippen LogP contribution >= 0.6 is 15.9 Å². The van der Waals surface area contributed by atoms with Gasteiger partial charge in [-0.15, -0.1) is 0 Å². The third-order valence-electron chi connectivity index (χ3n) is 4.16. The fourth-order valence-corrected chi connectivity index (χ4v) is 3.08. The molecule has 1 aromatic rings. The first-order valence-corrected chi connectivity index (χ1v) is 8.20. The molecular formula is C16H25BrN2O. The highest BCUT2D eigenvalue weighted by atomic mass is 79.9. The molecular weight excluding hydrogens is 316 g/mol. The zero-order chi connectivity index (χ0) is 14.4. The average Bonchev–Trinajstić information content (AvgIpc) is 2.47. The van der Waals surface area contributed by atoms with Crippen LogP contribution in [0.15, 0.2) is 28.7 Å². The largest absolute Gasteiger partial charge is 0.384 e. The molecule has 1 aliphatic rings. The van der Waals surface area contributed by atoms with Crippen molar-refractivity contribution >= 4 is 15.9 Å². The molecule has 1 saturated heterocycles. The van der Waals surface area contributed by atoms with E-state index >= 15 is 0 Å². The Kier molecular flexibility index (Phi) is 6.49. The smallest absolute Gasteiger partial charge is 0.0491 e. The Bertz CT molecular complexity index is 388. The summed E-state index contributed by atoms with van der Waals surface area (Å²) in [4.78, 5) is 2.53. The Morgan fingerprint density at radius 3 is 2.55 bits per heavy atom. The first-order valence-electron chi connectivity index (χ1n) is 7.41. The number of benzene rings is 1. The summed E-state index contributed by atoms with van der Waals surface area (Å²) in [6.07, 6.45) is 3.53.